The maximum atomic E-state index is 12.3. The molecule has 0 aliphatic carbocycles. The lowest BCUT2D eigenvalue weighted by Gasteiger charge is -2.17. The SMILES string of the molecule is O=C(O)C[C@H](NC(=O)c1ccc(O)c(O)c1)C(=O)NCCc1ccc(O)c(O)c1. The molecule has 154 valence electrons. The highest BCUT2D eigenvalue weighted by atomic mass is 16.4. The minimum Gasteiger partial charge on any atom is -0.504 e. The molecule has 0 saturated heterocycles. The predicted octanol–water partition coefficient (Wildman–Crippen LogP) is 0.441. The molecule has 10 nitrogen and oxygen atoms in total. The number of nitrogens with one attached hydrogen (secondary N) is 2. The average molecular weight is 404 g/mol. The third kappa shape index (κ3) is 6.03. The number of phenolic OH excluding ortho intramolecular Hbond substituents is 4. The molecule has 29 heavy (non-hydrogen) atoms. The highest BCUT2D eigenvalue weighted by molar-refractivity contribution is 5.99. The van der Waals surface area contributed by atoms with Crippen molar-refractivity contribution >= 4 is 17.8 Å². The first-order valence-corrected chi connectivity index (χ1v) is 8.50. The van der Waals surface area contributed by atoms with Crippen molar-refractivity contribution in [3.05, 3.63) is 47.5 Å². The first-order valence-electron chi connectivity index (χ1n) is 8.50. The molecule has 2 aromatic carbocycles. The van der Waals surface area contributed by atoms with Gasteiger partial charge < -0.3 is 36.2 Å². The molecule has 0 aliphatic rings. The van der Waals surface area contributed by atoms with Crippen LogP contribution >= 0.6 is 0 Å². The molecule has 2 aromatic rings. The van der Waals surface area contributed by atoms with Crippen molar-refractivity contribution in [2.24, 2.45) is 0 Å². The molecule has 0 heterocycles. The molecule has 0 radical (unpaired) electrons. The Balaban J connectivity index is 1.99. The number of amides is 2. The van der Waals surface area contributed by atoms with Gasteiger partial charge in [0.15, 0.2) is 23.0 Å². The number of aliphatic carboxylic acids is 1. The number of rotatable bonds is 8. The maximum absolute atomic E-state index is 12.3. The molecule has 0 aliphatic heterocycles. The highest BCUT2D eigenvalue weighted by Crippen LogP contribution is 2.25. The molecule has 0 aromatic heterocycles. The monoisotopic (exact) mass is 404 g/mol. The zero-order valence-electron chi connectivity index (χ0n) is 15.1. The molecule has 1 atom stereocenters. The van der Waals surface area contributed by atoms with Gasteiger partial charge in [-0.2, -0.15) is 0 Å². The number of carboxylic acids is 1. The standard InChI is InChI=1S/C19H20N2O8/c22-13-3-1-10(7-15(13)24)5-6-20-19(29)12(9-17(26)27)21-18(28)11-2-4-14(23)16(25)8-11/h1-4,7-8,12,22-25H,5-6,9H2,(H,20,29)(H,21,28)(H,26,27)/t12-/m0/s1. The summed E-state index contributed by atoms with van der Waals surface area (Å²) in [7, 11) is 0. The summed E-state index contributed by atoms with van der Waals surface area (Å²) in [5.41, 5.74) is 0.557. The van der Waals surface area contributed by atoms with Crippen LogP contribution in [0.15, 0.2) is 36.4 Å². The summed E-state index contributed by atoms with van der Waals surface area (Å²) in [5, 5.41) is 51.3. The predicted molar refractivity (Wildman–Crippen MR) is 99.8 cm³/mol. The van der Waals surface area contributed by atoms with Crippen LogP contribution in [0.5, 0.6) is 23.0 Å². The Morgan fingerprint density at radius 3 is 2.07 bits per heavy atom. The molecule has 2 rings (SSSR count). The van der Waals surface area contributed by atoms with E-state index in [4.69, 9.17) is 5.11 Å². The number of carboxylic acid groups (broad SMARTS) is 1. The first-order chi connectivity index (χ1) is 13.7. The van der Waals surface area contributed by atoms with E-state index < -0.39 is 41.7 Å². The number of hydrogen-bond acceptors (Lipinski definition) is 7. The maximum Gasteiger partial charge on any atom is 0.305 e. The smallest absolute Gasteiger partial charge is 0.305 e. The molecule has 0 spiro atoms. The number of phenols is 4. The van der Waals surface area contributed by atoms with Crippen molar-refractivity contribution in [2.75, 3.05) is 6.54 Å². The lowest BCUT2D eigenvalue weighted by molar-refractivity contribution is -0.139. The Hall–Kier alpha value is -3.95. The van der Waals surface area contributed by atoms with Gasteiger partial charge in [-0.05, 0) is 42.3 Å². The fraction of sp³-hybridized carbons (Fsp3) is 0.211. The van der Waals surface area contributed by atoms with E-state index in [9.17, 15) is 34.8 Å². The normalized spacial score (nSPS) is 11.4. The van der Waals surface area contributed by atoms with Crippen LogP contribution in [-0.2, 0) is 16.0 Å². The molecule has 0 fully saturated rings. The van der Waals surface area contributed by atoms with Crippen molar-refractivity contribution in [1.29, 1.82) is 0 Å². The second-order valence-electron chi connectivity index (χ2n) is 6.19. The quantitative estimate of drug-likeness (QED) is 0.310. The van der Waals surface area contributed by atoms with E-state index in [-0.39, 0.29) is 23.6 Å². The van der Waals surface area contributed by atoms with Gasteiger partial charge in [-0.25, -0.2) is 0 Å². The summed E-state index contributed by atoms with van der Waals surface area (Å²) in [4.78, 5) is 35.6. The Kier molecular flexibility index (Phi) is 6.85. The lowest BCUT2D eigenvalue weighted by atomic mass is 10.1. The molecule has 0 bridgehead atoms. The number of benzene rings is 2. The number of hydrogen-bond donors (Lipinski definition) is 7. The number of carbonyl (C=O) groups is 3. The van der Waals surface area contributed by atoms with Crippen LogP contribution in [0.2, 0.25) is 0 Å². The van der Waals surface area contributed by atoms with Gasteiger partial charge in [0, 0.05) is 12.1 Å². The van der Waals surface area contributed by atoms with E-state index in [1.165, 1.54) is 18.2 Å². The fourth-order valence-corrected chi connectivity index (χ4v) is 2.47. The van der Waals surface area contributed by atoms with Crippen molar-refractivity contribution in [3.8, 4) is 23.0 Å². The van der Waals surface area contributed by atoms with Gasteiger partial charge in [0.1, 0.15) is 6.04 Å². The van der Waals surface area contributed by atoms with E-state index in [0.29, 0.717) is 12.0 Å². The summed E-state index contributed by atoms with van der Waals surface area (Å²) in [6, 6.07) is 6.08. The third-order valence-corrected chi connectivity index (χ3v) is 3.99. The summed E-state index contributed by atoms with van der Waals surface area (Å²) in [5.74, 6) is -4.38. The Morgan fingerprint density at radius 2 is 1.48 bits per heavy atom. The lowest BCUT2D eigenvalue weighted by Crippen LogP contribution is -2.48. The van der Waals surface area contributed by atoms with Crippen molar-refractivity contribution < 1.29 is 39.9 Å². The number of aromatic hydroxyl groups is 4. The van der Waals surface area contributed by atoms with E-state index in [0.717, 1.165) is 12.1 Å². The Bertz CT molecular complexity index is 928. The molecule has 0 unspecified atom stereocenters. The molecular weight excluding hydrogens is 384 g/mol. The topological polar surface area (TPSA) is 176 Å². The minimum atomic E-state index is -1.37. The van der Waals surface area contributed by atoms with Crippen molar-refractivity contribution in [3.63, 3.8) is 0 Å². The van der Waals surface area contributed by atoms with Gasteiger partial charge in [0.05, 0.1) is 6.42 Å². The summed E-state index contributed by atoms with van der Waals surface area (Å²) in [6.07, 6.45) is -0.374. The summed E-state index contributed by atoms with van der Waals surface area (Å²) >= 11 is 0. The second kappa shape index (κ2) is 9.31. The van der Waals surface area contributed by atoms with Crippen LogP contribution in [0.3, 0.4) is 0 Å². The highest BCUT2D eigenvalue weighted by Gasteiger charge is 2.24. The van der Waals surface area contributed by atoms with Gasteiger partial charge in [-0.15, -0.1) is 0 Å². The van der Waals surface area contributed by atoms with Crippen LogP contribution < -0.4 is 10.6 Å². The van der Waals surface area contributed by atoms with Crippen LogP contribution in [0.1, 0.15) is 22.3 Å². The third-order valence-electron chi connectivity index (χ3n) is 3.99. The van der Waals surface area contributed by atoms with Crippen LogP contribution in [0.25, 0.3) is 0 Å². The Morgan fingerprint density at radius 1 is 0.862 bits per heavy atom. The van der Waals surface area contributed by atoms with Crippen LogP contribution in [-0.4, -0.2) is 55.9 Å². The molecule has 2 amide bonds. The van der Waals surface area contributed by atoms with Crippen LogP contribution in [0, 0.1) is 0 Å². The molecule has 7 N–H and O–H groups in total. The molecular formula is C19H20N2O8. The largest absolute Gasteiger partial charge is 0.504 e. The Labute approximate surface area is 165 Å². The number of carbonyl (C=O) groups excluding carboxylic acids is 2. The summed E-state index contributed by atoms with van der Waals surface area (Å²) in [6.45, 7) is 0.0923. The zero-order chi connectivity index (χ0) is 21.6. The van der Waals surface area contributed by atoms with Crippen molar-refractivity contribution in [1.82, 2.24) is 10.6 Å². The van der Waals surface area contributed by atoms with E-state index in [2.05, 4.69) is 10.6 Å². The van der Waals surface area contributed by atoms with Gasteiger partial charge >= 0.3 is 5.97 Å². The van der Waals surface area contributed by atoms with E-state index >= 15 is 0 Å². The van der Waals surface area contributed by atoms with Gasteiger partial charge in [-0.3, -0.25) is 14.4 Å². The fourth-order valence-electron chi connectivity index (χ4n) is 2.47. The van der Waals surface area contributed by atoms with Gasteiger partial charge in [0.2, 0.25) is 5.91 Å². The van der Waals surface area contributed by atoms with Gasteiger partial charge in [0.25, 0.3) is 5.91 Å². The van der Waals surface area contributed by atoms with Gasteiger partial charge in [-0.1, -0.05) is 6.07 Å². The molecule has 0 saturated carbocycles. The van der Waals surface area contributed by atoms with Crippen LogP contribution in [0.4, 0.5) is 0 Å². The van der Waals surface area contributed by atoms with Crippen molar-refractivity contribution in [2.45, 2.75) is 18.9 Å². The zero-order valence-corrected chi connectivity index (χ0v) is 15.1. The van der Waals surface area contributed by atoms with E-state index in [1.54, 1.807) is 6.07 Å². The average Bonchev–Trinajstić information content (AvgIpc) is 2.65. The van der Waals surface area contributed by atoms with E-state index in [1.807, 2.05) is 0 Å². The summed E-state index contributed by atoms with van der Waals surface area (Å²) < 4.78 is 0. The second-order valence-corrected chi connectivity index (χ2v) is 6.19. The minimum absolute atomic E-state index is 0.0666. The first kappa shape index (κ1) is 21.4. The molecule has 10 heteroatoms.